The van der Waals surface area contributed by atoms with Gasteiger partial charge in [-0.05, 0) is 37.1 Å². The summed E-state index contributed by atoms with van der Waals surface area (Å²) in [4.78, 5) is 16.0. The van der Waals surface area contributed by atoms with Crippen LogP contribution in [0.3, 0.4) is 0 Å². The van der Waals surface area contributed by atoms with Crippen molar-refractivity contribution in [2.45, 2.75) is 25.4 Å². The number of likely N-dealkylation sites (tertiary alicyclic amines) is 1. The highest BCUT2D eigenvalue weighted by molar-refractivity contribution is 6.30. The second-order valence-electron chi connectivity index (χ2n) is 5.33. The second-order valence-corrected chi connectivity index (χ2v) is 5.77. The fraction of sp³-hybridized carbons (Fsp3) is 0.533. The van der Waals surface area contributed by atoms with E-state index in [4.69, 9.17) is 11.6 Å². The van der Waals surface area contributed by atoms with Gasteiger partial charge >= 0.3 is 0 Å². The molecule has 1 heterocycles. The minimum Gasteiger partial charge on any atom is -0.395 e. The molecule has 1 saturated heterocycles. The molecule has 2 rings (SSSR count). The van der Waals surface area contributed by atoms with Gasteiger partial charge in [0.1, 0.15) is 0 Å². The Morgan fingerprint density at radius 1 is 1.55 bits per heavy atom. The lowest BCUT2D eigenvalue weighted by atomic mass is 10.2. The van der Waals surface area contributed by atoms with Gasteiger partial charge in [0.15, 0.2) is 0 Å². The summed E-state index contributed by atoms with van der Waals surface area (Å²) in [5.74, 6) is 0.0744. The lowest BCUT2D eigenvalue weighted by Crippen LogP contribution is -2.41. The van der Waals surface area contributed by atoms with Crippen LogP contribution in [0.25, 0.3) is 0 Å². The van der Waals surface area contributed by atoms with Crippen molar-refractivity contribution in [3.8, 4) is 0 Å². The predicted octanol–water partition coefficient (Wildman–Crippen LogP) is 1.76. The van der Waals surface area contributed by atoms with Gasteiger partial charge < -0.3 is 10.0 Å². The summed E-state index contributed by atoms with van der Waals surface area (Å²) in [6.45, 7) is 1.95. The van der Waals surface area contributed by atoms with E-state index in [-0.39, 0.29) is 18.6 Å². The van der Waals surface area contributed by atoms with Crippen LogP contribution in [0.2, 0.25) is 5.02 Å². The topological polar surface area (TPSA) is 43.8 Å². The Kier molecular flexibility index (Phi) is 5.40. The number of likely N-dealkylation sites (N-methyl/N-ethyl adjacent to an activating group) is 1. The van der Waals surface area contributed by atoms with E-state index in [2.05, 4.69) is 4.90 Å². The van der Waals surface area contributed by atoms with E-state index >= 15 is 0 Å². The molecule has 0 bridgehead atoms. The number of carbonyl (C=O) groups excluding carboxylic acids is 1. The SMILES string of the molecule is CN(Cc1cccc(Cl)c1)C(=O)CN1CCC[C@H]1CO. The highest BCUT2D eigenvalue weighted by Gasteiger charge is 2.26. The monoisotopic (exact) mass is 296 g/mol. The number of benzene rings is 1. The van der Waals surface area contributed by atoms with Crippen molar-refractivity contribution < 1.29 is 9.90 Å². The average molecular weight is 297 g/mol. The Balaban J connectivity index is 1.89. The van der Waals surface area contributed by atoms with Crippen molar-refractivity contribution in [1.29, 1.82) is 0 Å². The second kappa shape index (κ2) is 7.07. The maximum atomic E-state index is 12.2. The third-order valence-corrected chi connectivity index (χ3v) is 4.02. The Hall–Kier alpha value is -1.10. The van der Waals surface area contributed by atoms with Gasteiger partial charge in [0, 0.05) is 24.7 Å². The summed E-state index contributed by atoms with van der Waals surface area (Å²) in [5.41, 5.74) is 1.02. The number of aliphatic hydroxyl groups excluding tert-OH is 1. The Morgan fingerprint density at radius 2 is 2.35 bits per heavy atom. The highest BCUT2D eigenvalue weighted by atomic mass is 35.5. The maximum absolute atomic E-state index is 12.2. The first-order valence-electron chi connectivity index (χ1n) is 6.93. The molecule has 5 heteroatoms. The lowest BCUT2D eigenvalue weighted by Gasteiger charge is -2.25. The Bertz CT molecular complexity index is 467. The molecule has 0 spiro atoms. The molecule has 1 fully saturated rings. The van der Waals surface area contributed by atoms with Crippen LogP contribution in [0.1, 0.15) is 18.4 Å². The summed E-state index contributed by atoms with van der Waals surface area (Å²) in [5, 5.41) is 9.96. The van der Waals surface area contributed by atoms with Crippen molar-refractivity contribution in [2.24, 2.45) is 0 Å². The normalized spacial score (nSPS) is 19.2. The molecule has 1 atom stereocenters. The summed E-state index contributed by atoms with van der Waals surface area (Å²) >= 11 is 5.94. The van der Waals surface area contributed by atoms with E-state index in [1.807, 2.05) is 24.3 Å². The van der Waals surface area contributed by atoms with Crippen molar-refractivity contribution in [2.75, 3.05) is 26.7 Å². The predicted molar refractivity (Wildman–Crippen MR) is 79.6 cm³/mol. The Morgan fingerprint density at radius 3 is 3.05 bits per heavy atom. The highest BCUT2D eigenvalue weighted by Crippen LogP contribution is 2.17. The van der Waals surface area contributed by atoms with Crippen LogP contribution in [0.4, 0.5) is 0 Å². The van der Waals surface area contributed by atoms with Gasteiger partial charge in [-0.15, -0.1) is 0 Å². The number of carbonyl (C=O) groups is 1. The molecular formula is C15H21ClN2O2. The molecule has 1 aromatic carbocycles. The number of hydrogen-bond donors (Lipinski definition) is 1. The number of hydrogen-bond acceptors (Lipinski definition) is 3. The number of rotatable bonds is 5. The van der Waals surface area contributed by atoms with Crippen LogP contribution in [0.5, 0.6) is 0 Å². The van der Waals surface area contributed by atoms with E-state index in [9.17, 15) is 9.90 Å². The molecule has 1 N–H and O–H groups in total. The molecule has 1 aliphatic rings. The van der Waals surface area contributed by atoms with Gasteiger partial charge in [0.2, 0.25) is 5.91 Å². The number of halogens is 1. The van der Waals surface area contributed by atoms with E-state index in [0.29, 0.717) is 18.1 Å². The van der Waals surface area contributed by atoms with Crippen LogP contribution in [0, 0.1) is 0 Å². The molecule has 0 saturated carbocycles. The minimum atomic E-state index is 0.0744. The first kappa shape index (κ1) is 15.3. The van der Waals surface area contributed by atoms with Gasteiger partial charge in [0.25, 0.3) is 0 Å². The standard InChI is InChI=1S/C15H21ClN2O2/c1-17(9-12-4-2-5-13(16)8-12)15(20)10-18-7-3-6-14(18)11-19/h2,4-5,8,14,19H,3,6-7,9-11H2,1H3/t14-/m0/s1. The number of amides is 1. The zero-order chi connectivity index (χ0) is 14.5. The maximum Gasteiger partial charge on any atom is 0.236 e. The lowest BCUT2D eigenvalue weighted by molar-refractivity contribution is -0.132. The molecular weight excluding hydrogens is 276 g/mol. The van der Waals surface area contributed by atoms with Gasteiger partial charge in [-0.1, -0.05) is 23.7 Å². The molecule has 110 valence electrons. The van der Waals surface area contributed by atoms with Crippen LogP contribution < -0.4 is 0 Å². The van der Waals surface area contributed by atoms with E-state index in [0.717, 1.165) is 24.9 Å². The summed E-state index contributed by atoms with van der Waals surface area (Å²) in [6, 6.07) is 7.68. The molecule has 0 radical (unpaired) electrons. The number of aliphatic hydroxyl groups is 1. The molecule has 1 aromatic rings. The average Bonchev–Trinajstić information content (AvgIpc) is 2.85. The minimum absolute atomic E-state index is 0.0744. The summed E-state index contributed by atoms with van der Waals surface area (Å²) in [6.07, 6.45) is 2.03. The molecule has 0 unspecified atom stereocenters. The van der Waals surface area contributed by atoms with E-state index in [1.165, 1.54) is 0 Å². The first-order valence-corrected chi connectivity index (χ1v) is 7.31. The van der Waals surface area contributed by atoms with E-state index < -0.39 is 0 Å². The smallest absolute Gasteiger partial charge is 0.236 e. The van der Waals surface area contributed by atoms with Gasteiger partial charge in [0.05, 0.1) is 13.2 Å². The van der Waals surface area contributed by atoms with Crippen LogP contribution in [-0.4, -0.2) is 53.6 Å². The van der Waals surface area contributed by atoms with Crippen LogP contribution in [0.15, 0.2) is 24.3 Å². The first-order chi connectivity index (χ1) is 9.60. The third-order valence-electron chi connectivity index (χ3n) is 3.78. The van der Waals surface area contributed by atoms with Gasteiger partial charge in [-0.25, -0.2) is 0 Å². The third kappa shape index (κ3) is 3.95. The molecule has 1 aliphatic heterocycles. The van der Waals surface area contributed by atoms with Gasteiger partial charge in [-0.3, -0.25) is 9.69 Å². The molecule has 20 heavy (non-hydrogen) atoms. The molecule has 0 aliphatic carbocycles. The molecule has 1 amide bonds. The largest absolute Gasteiger partial charge is 0.395 e. The molecule has 0 aromatic heterocycles. The summed E-state index contributed by atoms with van der Waals surface area (Å²) < 4.78 is 0. The van der Waals surface area contributed by atoms with Gasteiger partial charge in [-0.2, -0.15) is 0 Å². The fourth-order valence-electron chi connectivity index (χ4n) is 2.60. The van der Waals surface area contributed by atoms with Crippen LogP contribution in [-0.2, 0) is 11.3 Å². The zero-order valence-corrected chi connectivity index (χ0v) is 12.5. The van der Waals surface area contributed by atoms with Crippen molar-refractivity contribution in [3.63, 3.8) is 0 Å². The quantitative estimate of drug-likeness (QED) is 0.900. The Labute approximate surface area is 124 Å². The molecule has 4 nitrogen and oxygen atoms in total. The van der Waals surface area contributed by atoms with Crippen molar-refractivity contribution >= 4 is 17.5 Å². The summed E-state index contributed by atoms with van der Waals surface area (Å²) in [7, 11) is 1.80. The zero-order valence-electron chi connectivity index (χ0n) is 11.8. The fourth-order valence-corrected chi connectivity index (χ4v) is 2.81. The van der Waals surface area contributed by atoms with Crippen LogP contribution >= 0.6 is 11.6 Å². The van der Waals surface area contributed by atoms with E-state index in [1.54, 1.807) is 11.9 Å². The number of nitrogens with zero attached hydrogens (tertiary/aromatic N) is 2. The van der Waals surface area contributed by atoms with Crippen molar-refractivity contribution in [1.82, 2.24) is 9.80 Å². The van der Waals surface area contributed by atoms with Crippen molar-refractivity contribution in [3.05, 3.63) is 34.9 Å².